The van der Waals surface area contributed by atoms with Crippen molar-refractivity contribution < 1.29 is 5.11 Å². The molecule has 1 heterocycles. The molecule has 0 bridgehead atoms. The highest BCUT2D eigenvalue weighted by molar-refractivity contribution is 6.31. The third kappa shape index (κ3) is 2.12. The van der Waals surface area contributed by atoms with Crippen LogP contribution in [0.3, 0.4) is 0 Å². The number of nitrogens with zero attached hydrogens (tertiary/aromatic N) is 2. The van der Waals surface area contributed by atoms with E-state index in [9.17, 15) is 5.11 Å². The Kier molecular flexibility index (Phi) is 3.38. The van der Waals surface area contributed by atoms with Gasteiger partial charge >= 0.3 is 0 Å². The van der Waals surface area contributed by atoms with Crippen molar-refractivity contribution in [2.45, 2.75) is 12.5 Å². The van der Waals surface area contributed by atoms with Crippen LogP contribution in [0.15, 0.2) is 6.20 Å². The van der Waals surface area contributed by atoms with Gasteiger partial charge in [-0.1, -0.05) is 11.6 Å². The lowest BCUT2D eigenvalue weighted by Gasteiger charge is -2.06. The lowest BCUT2D eigenvalue weighted by atomic mass is 10.2. The van der Waals surface area contributed by atoms with Crippen molar-refractivity contribution in [2.75, 3.05) is 5.88 Å². The topological polar surface area (TPSA) is 38.0 Å². The summed E-state index contributed by atoms with van der Waals surface area (Å²) in [7, 11) is 1.78. The Labute approximate surface area is 80.9 Å². The molecule has 0 fully saturated rings. The van der Waals surface area contributed by atoms with Crippen molar-refractivity contribution in [1.82, 2.24) is 9.78 Å². The lowest BCUT2D eigenvalue weighted by Crippen LogP contribution is -2.14. The maximum atomic E-state index is 9.25. The Hall–Kier alpha value is -0.250. The van der Waals surface area contributed by atoms with Gasteiger partial charge < -0.3 is 5.11 Å². The number of hydrogen-bond acceptors (Lipinski definition) is 2. The maximum Gasteiger partial charge on any atom is 0.0818 e. The minimum absolute atomic E-state index is 0.210. The molecule has 0 aliphatic rings. The van der Waals surface area contributed by atoms with Crippen LogP contribution in [0.25, 0.3) is 0 Å². The molecular weight excluding hydrogens is 199 g/mol. The van der Waals surface area contributed by atoms with E-state index < -0.39 is 6.10 Å². The first kappa shape index (κ1) is 9.84. The number of halogens is 2. The number of aliphatic hydroxyl groups excluding tert-OH is 1. The summed E-state index contributed by atoms with van der Waals surface area (Å²) < 4.78 is 1.64. The molecule has 0 saturated heterocycles. The van der Waals surface area contributed by atoms with E-state index in [1.54, 1.807) is 17.9 Å². The van der Waals surface area contributed by atoms with E-state index in [-0.39, 0.29) is 5.88 Å². The summed E-state index contributed by atoms with van der Waals surface area (Å²) in [5.74, 6) is 0.210. The summed E-state index contributed by atoms with van der Waals surface area (Å²) in [6, 6.07) is 0. The van der Waals surface area contributed by atoms with Gasteiger partial charge in [0, 0.05) is 19.3 Å². The molecule has 1 rings (SSSR count). The molecule has 1 aromatic heterocycles. The summed E-state index contributed by atoms with van der Waals surface area (Å²) in [5, 5.41) is 13.8. The second kappa shape index (κ2) is 4.12. The van der Waals surface area contributed by atoms with E-state index in [0.717, 1.165) is 5.69 Å². The average Bonchev–Trinajstić information content (AvgIpc) is 2.35. The normalized spacial score (nSPS) is 13.3. The van der Waals surface area contributed by atoms with Crippen LogP contribution in [0.2, 0.25) is 5.02 Å². The van der Waals surface area contributed by atoms with Gasteiger partial charge in [0.2, 0.25) is 0 Å². The molecule has 12 heavy (non-hydrogen) atoms. The molecule has 68 valence electrons. The Morgan fingerprint density at radius 2 is 2.42 bits per heavy atom. The van der Waals surface area contributed by atoms with Gasteiger partial charge in [0.1, 0.15) is 0 Å². The predicted octanol–water partition coefficient (Wildman–Crippen LogP) is 1.22. The fourth-order valence-electron chi connectivity index (χ4n) is 0.943. The van der Waals surface area contributed by atoms with Crippen molar-refractivity contribution in [1.29, 1.82) is 0 Å². The van der Waals surface area contributed by atoms with E-state index in [1.807, 2.05) is 0 Å². The second-order valence-corrected chi connectivity index (χ2v) is 3.29. The highest BCUT2D eigenvalue weighted by Crippen LogP contribution is 2.15. The third-order valence-electron chi connectivity index (χ3n) is 1.62. The second-order valence-electron chi connectivity index (χ2n) is 2.58. The zero-order valence-electron chi connectivity index (χ0n) is 6.67. The van der Waals surface area contributed by atoms with Crippen LogP contribution in [0, 0.1) is 0 Å². The third-order valence-corrected chi connectivity index (χ3v) is 2.29. The summed E-state index contributed by atoms with van der Waals surface area (Å²) in [4.78, 5) is 0. The minimum Gasteiger partial charge on any atom is -0.391 e. The van der Waals surface area contributed by atoms with Crippen molar-refractivity contribution in [3.05, 3.63) is 16.9 Å². The van der Waals surface area contributed by atoms with Crippen LogP contribution in [0.1, 0.15) is 5.69 Å². The molecule has 1 N–H and O–H groups in total. The first-order valence-electron chi connectivity index (χ1n) is 3.55. The number of hydrogen-bond donors (Lipinski definition) is 1. The van der Waals surface area contributed by atoms with Crippen LogP contribution in [-0.4, -0.2) is 26.9 Å². The maximum absolute atomic E-state index is 9.25. The number of alkyl halides is 1. The largest absolute Gasteiger partial charge is 0.391 e. The first-order valence-corrected chi connectivity index (χ1v) is 4.46. The van der Waals surface area contributed by atoms with E-state index in [1.165, 1.54) is 0 Å². The predicted molar refractivity (Wildman–Crippen MR) is 48.6 cm³/mol. The van der Waals surface area contributed by atoms with Gasteiger partial charge in [-0.3, -0.25) is 4.68 Å². The van der Waals surface area contributed by atoms with E-state index >= 15 is 0 Å². The van der Waals surface area contributed by atoms with Gasteiger partial charge in [-0.2, -0.15) is 5.10 Å². The SMILES string of the molecule is Cn1ncc(Cl)c1CC(O)CCl. The Morgan fingerprint density at radius 1 is 1.75 bits per heavy atom. The van der Waals surface area contributed by atoms with Gasteiger partial charge in [0.15, 0.2) is 0 Å². The van der Waals surface area contributed by atoms with Crippen molar-refractivity contribution in [2.24, 2.45) is 7.05 Å². The van der Waals surface area contributed by atoms with Gasteiger partial charge in [-0.15, -0.1) is 11.6 Å². The molecule has 1 unspecified atom stereocenters. The van der Waals surface area contributed by atoms with Gasteiger partial charge in [0.25, 0.3) is 0 Å². The molecule has 0 aliphatic carbocycles. The summed E-state index contributed by atoms with van der Waals surface area (Å²) in [6.07, 6.45) is 1.44. The summed E-state index contributed by atoms with van der Waals surface area (Å²) in [6.45, 7) is 0. The Bertz CT molecular complexity index is 242. The number of rotatable bonds is 3. The van der Waals surface area contributed by atoms with Gasteiger partial charge in [0.05, 0.1) is 23.0 Å². The Balaban J connectivity index is 2.73. The van der Waals surface area contributed by atoms with Crippen LogP contribution in [0.5, 0.6) is 0 Å². The van der Waals surface area contributed by atoms with Crippen molar-refractivity contribution in [3.8, 4) is 0 Å². The van der Waals surface area contributed by atoms with Crippen LogP contribution < -0.4 is 0 Å². The molecular formula is C7H10Cl2N2O. The quantitative estimate of drug-likeness (QED) is 0.760. The summed E-state index contributed by atoms with van der Waals surface area (Å²) >= 11 is 11.3. The van der Waals surface area contributed by atoms with E-state index in [2.05, 4.69) is 5.10 Å². The first-order chi connectivity index (χ1) is 5.65. The zero-order chi connectivity index (χ0) is 9.14. The summed E-state index contributed by atoms with van der Waals surface area (Å²) in [5.41, 5.74) is 0.810. The standard InChI is InChI=1S/C7H10Cl2N2O/c1-11-7(2-5(12)3-8)6(9)4-10-11/h4-5,12H,2-3H2,1H3. The molecule has 3 nitrogen and oxygen atoms in total. The molecule has 0 radical (unpaired) electrons. The molecule has 0 aliphatic heterocycles. The molecule has 0 saturated carbocycles. The molecule has 0 amide bonds. The minimum atomic E-state index is -0.556. The van der Waals surface area contributed by atoms with Gasteiger partial charge in [-0.05, 0) is 0 Å². The number of aliphatic hydroxyl groups is 1. The number of aromatic nitrogens is 2. The van der Waals surface area contributed by atoms with E-state index in [4.69, 9.17) is 23.2 Å². The molecule has 0 spiro atoms. The fraction of sp³-hybridized carbons (Fsp3) is 0.571. The fourth-order valence-corrected chi connectivity index (χ4v) is 1.30. The van der Waals surface area contributed by atoms with Crippen LogP contribution >= 0.6 is 23.2 Å². The highest BCUT2D eigenvalue weighted by atomic mass is 35.5. The van der Waals surface area contributed by atoms with E-state index in [0.29, 0.717) is 11.4 Å². The van der Waals surface area contributed by atoms with Crippen molar-refractivity contribution in [3.63, 3.8) is 0 Å². The molecule has 1 aromatic rings. The smallest absolute Gasteiger partial charge is 0.0818 e. The van der Waals surface area contributed by atoms with Crippen molar-refractivity contribution >= 4 is 23.2 Å². The molecule has 1 atom stereocenters. The van der Waals surface area contributed by atoms with Gasteiger partial charge in [-0.25, -0.2) is 0 Å². The lowest BCUT2D eigenvalue weighted by molar-refractivity contribution is 0.196. The average molecular weight is 209 g/mol. The number of aryl methyl sites for hydroxylation is 1. The monoisotopic (exact) mass is 208 g/mol. The van der Waals surface area contributed by atoms with Crippen LogP contribution in [0.4, 0.5) is 0 Å². The molecule has 0 aromatic carbocycles. The molecule has 5 heteroatoms. The zero-order valence-corrected chi connectivity index (χ0v) is 8.18. The Morgan fingerprint density at radius 3 is 2.83 bits per heavy atom. The van der Waals surface area contributed by atoms with Crippen LogP contribution in [-0.2, 0) is 13.5 Å². The highest BCUT2D eigenvalue weighted by Gasteiger charge is 2.11.